The number of amides is 1. The molecule has 2 rings (SSSR count). The van der Waals surface area contributed by atoms with E-state index in [1.165, 1.54) is 4.68 Å². The zero-order valence-corrected chi connectivity index (χ0v) is 11.7. The largest absolute Gasteiger partial charge is 0.426 e. The second-order valence-electron chi connectivity index (χ2n) is 4.22. The topological polar surface area (TPSA) is 60.2 Å². The van der Waals surface area contributed by atoms with E-state index in [1.54, 1.807) is 11.1 Å². The summed E-state index contributed by atoms with van der Waals surface area (Å²) in [7, 11) is 0. The van der Waals surface area contributed by atoms with Crippen LogP contribution in [0, 0.1) is 0 Å². The van der Waals surface area contributed by atoms with Crippen molar-refractivity contribution in [3.8, 4) is 11.3 Å². The molecule has 0 aliphatic rings. The van der Waals surface area contributed by atoms with Crippen molar-refractivity contribution in [3.63, 3.8) is 0 Å². The molecule has 0 saturated carbocycles. The van der Waals surface area contributed by atoms with Crippen molar-refractivity contribution in [2.24, 2.45) is 0 Å². The summed E-state index contributed by atoms with van der Waals surface area (Å²) >= 11 is 0. The first kappa shape index (κ1) is 14.0. The molecule has 0 fully saturated rings. The molecule has 0 radical (unpaired) electrons. The van der Waals surface area contributed by atoms with Crippen LogP contribution in [0.3, 0.4) is 0 Å². The number of ether oxygens (including phenoxy) is 1. The van der Waals surface area contributed by atoms with Gasteiger partial charge in [0.2, 0.25) is 0 Å². The molecule has 0 bridgehead atoms. The normalized spacial score (nSPS) is 10.3. The molecule has 0 aliphatic heterocycles. The first-order valence-corrected chi connectivity index (χ1v) is 6.61. The number of aromatic nitrogens is 3. The zero-order chi connectivity index (χ0) is 14.4. The fourth-order valence-corrected chi connectivity index (χ4v) is 1.80. The van der Waals surface area contributed by atoms with E-state index < -0.39 is 0 Å². The number of carbonyl (C=O) groups is 1. The number of nitrogens with zero attached hydrogens (tertiary/aromatic N) is 4. The molecular formula is C14H18N4O2. The van der Waals surface area contributed by atoms with Crippen molar-refractivity contribution in [1.29, 1.82) is 0 Å². The van der Waals surface area contributed by atoms with Crippen LogP contribution < -0.4 is 0 Å². The van der Waals surface area contributed by atoms with Crippen LogP contribution in [0.25, 0.3) is 11.3 Å². The van der Waals surface area contributed by atoms with Gasteiger partial charge in [-0.05, 0) is 13.8 Å². The highest BCUT2D eigenvalue weighted by molar-refractivity contribution is 5.67. The summed E-state index contributed by atoms with van der Waals surface area (Å²) in [5, 5.41) is 8.00. The van der Waals surface area contributed by atoms with Crippen molar-refractivity contribution in [3.05, 3.63) is 36.5 Å². The number of benzene rings is 1. The van der Waals surface area contributed by atoms with Crippen molar-refractivity contribution in [2.45, 2.75) is 20.6 Å². The average molecular weight is 274 g/mol. The maximum Gasteiger partial charge on any atom is 0.411 e. The van der Waals surface area contributed by atoms with E-state index in [4.69, 9.17) is 4.74 Å². The molecule has 6 nitrogen and oxygen atoms in total. The first-order chi connectivity index (χ1) is 9.74. The summed E-state index contributed by atoms with van der Waals surface area (Å²) in [6.45, 7) is 5.14. The van der Waals surface area contributed by atoms with Gasteiger partial charge in [0, 0.05) is 18.7 Å². The van der Waals surface area contributed by atoms with E-state index >= 15 is 0 Å². The third kappa shape index (κ3) is 3.34. The van der Waals surface area contributed by atoms with Gasteiger partial charge in [0.1, 0.15) is 5.69 Å². The van der Waals surface area contributed by atoms with Crippen molar-refractivity contribution in [1.82, 2.24) is 19.9 Å². The molecule has 1 amide bonds. The highest BCUT2D eigenvalue weighted by Crippen LogP contribution is 2.14. The number of hydrogen-bond donors (Lipinski definition) is 0. The van der Waals surface area contributed by atoms with E-state index in [2.05, 4.69) is 10.3 Å². The Labute approximate surface area is 118 Å². The zero-order valence-electron chi connectivity index (χ0n) is 11.7. The summed E-state index contributed by atoms with van der Waals surface area (Å²) < 4.78 is 6.67. The highest BCUT2D eigenvalue weighted by Gasteiger charge is 2.11. The molecule has 1 aromatic heterocycles. The van der Waals surface area contributed by atoms with Crippen LogP contribution in [0.2, 0.25) is 0 Å². The minimum Gasteiger partial charge on any atom is -0.426 e. The fraction of sp³-hybridized carbons (Fsp3) is 0.357. The molecule has 1 aromatic carbocycles. The molecule has 106 valence electrons. The predicted molar refractivity (Wildman–Crippen MR) is 74.9 cm³/mol. The van der Waals surface area contributed by atoms with Crippen LogP contribution in [0.5, 0.6) is 0 Å². The molecule has 0 saturated heterocycles. The fourth-order valence-electron chi connectivity index (χ4n) is 1.80. The van der Waals surface area contributed by atoms with Gasteiger partial charge < -0.3 is 9.64 Å². The van der Waals surface area contributed by atoms with Gasteiger partial charge in [0.15, 0.2) is 6.73 Å². The van der Waals surface area contributed by atoms with E-state index in [9.17, 15) is 4.79 Å². The standard InChI is InChI=1S/C14H18N4O2/c1-3-17(4-2)14(19)20-11-18-10-13(15-16-18)12-8-6-5-7-9-12/h5-10H,3-4,11H2,1-2H3. The Bertz CT molecular complexity index is 549. The van der Waals surface area contributed by atoms with Gasteiger partial charge in [-0.2, -0.15) is 0 Å². The molecule has 0 spiro atoms. The molecule has 0 N–H and O–H groups in total. The maximum absolute atomic E-state index is 11.7. The van der Waals surface area contributed by atoms with Crippen LogP contribution >= 0.6 is 0 Å². The first-order valence-electron chi connectivity index (χ1n) is 6.61. The van der Waals surface area contributed by atoms with Gasteiger partial charge in [-0.15, -0.1) is 5.10 Å². The lowest BCUT2D eigenvalue weighted by molar-refractivity contribution is 0.0734. The number of rotatable bonds is 5. The van der Waals surface area contributed by atoms with Gasteiger partial charge in [-0.1, -0.05) is 35.5 Å². The highest BCUT2D eigenvalue weighted by atomic mass is 16.6. The van der Waals surface area contributed by atoms with Crippen molar-refractivity contribution < 1.29 is 9.53 Å². The number of hydrogen-bond acceptors (Lipinski definition) is 4. The van der Waals surface area contributed by atoms with E-state index in [0.717, 1.165) is 11.3 Å². The van der Waals surface area contributed by atoms with Crippen LogP contribution in [0.1, 0.15) is 13.8 Å². The minimum absolute atomic E-state index is 0.0646. The Hall–Kier alpha value is -2.37. The summed E-state index contributed by atoms with van der Waals surface area (Å²) in [6.07, 6.45) is 1.41. The Morgan fingerprint density at radius 3 is 2.60 bits per heavy atom. The second kappa shape index (κ2) is 6.70. The van der Waals surface area contributed by atoms with Gasteiger partial charge in [0.25, 0.3) is 0 Å². The van der Waals surface area contributed by atoms with Crippen molar-refractivity contribution in [2.75, 3.05) is 13.1 Å². The molecule has 20 heavy (non-hydrogen) atoms. The van der Waals surface area contributed by atoms with E-state index in [-0.39, 0.29) is 12.8 Å². The van der Waals surface area contributed by atoms with E-state index in [0.29, 0.717) is 13.1 Å². The van der Waals surface area contributed by atoms with Crippen LogP contribution in [0.15, 0.2) is 36.5 Å². The smallest absolute Gasteiger partial charge is 0.411 e. The number of carbonyl (C=O) groups excluding carboxylic acids is 1. The predicted octanol–water partition coefficient (Wildman–Crippen LogP) is 2.38. The third-order valence-corrected chi connectivity index (χ3v) is 2.95. The molecule has 0 aliphatic carbocycles. The molecule has 6 heteroatoms. The minimum atomic E-state index is -0.341. The second-order valence-corrected chi connectivity index (χ2v) is 4.22. The molecule has 1 heterocycles. The Kier molecular flexibility index (Phi) is 4.70. The summed E-state index contributed by atoms with van der Waals surface area (Å²) in [5.41, 5.74) is 1.73. The maximum atomic E-state index is 11.7. The monoisotopic (exact) mass is 274 g/mol. The molecule has 0 unspecified atom stereocenters. The lowest BCUT2D eigenvalue weighted by Gasteiger charge is -2.17. The van der Waals surface area contributed by atoms with Crippen LogP contribution in [0.4, 0.5) is 4.79 Å². The Morgan fingerprint density at radius 1 is 1.25 bits per heavy atom. The third-order valence-electron chi connectivity index (χ3n) is 2.95. The van der Waals surface area contributed by atoms with Crippen LogP contribution in [-0.2, 0) is 11.5 Å². The van der Waals surface area contributed by atoms with Gasteiger partial charge in [-0.3, -0.25) is 0 Å². The van der Waals surface area contributed by atoms with E-state index in [1.807, 2.05) is 44.2 Å². The van der Waals surface area contributed by atoms with Gasteiger partial charge in [0.05, 0.1) is 6.20 Å². The average Bonchev–Trinajstić information content (AvgIpc) is 2.96. The van der Waals surface area contributed by atoms with Gasteiger partial charge >= 0.3 is 6.09 Å². The van der Waals surface area contributed by atoms with Crippen LogP contribution in [-0.4, -0.2) is 39.1 Å². The summed E-state index contributed by atoms with van der Waals surface area (Å²) in [6, 6.07) is 9.73. The molecular weight excluding hydrogens is 256 g/mol. The lowest BCUT2D eigenvalue weighted by Crippen LogP contribution is -2.31. The summed E-state index contributed by atoms with van der Waals surface area (Å²) in [5.74, 6) is 0. The molecule has 2 aromatic rings. The summed E-state index contributed by atoms with van der Waals surface area (Å²) in [4.78, 5) is 13.3. The lowest BCUT2D eigenvalue weighted by atomic mass is 10.2. The Balaban J connectivity index is 1.95. The quantitative estimate of drug-likeness (QED) is 0.840. The van der Waals surface area contributed by atoms with Gasteiger partial charge in [-0.25, -0.2) is 9.48 Å². The SMILES string of the molecule is CCN(CC)C(=O)OCn1cc(-c2ccccc2)nn1. The Morgan fingerprint density at radius 2 is 1.95 bits per heavy atom. The molecule has 0 atom stereocenters. The van der Waals surface area contributed by atoms with Crippen molar-refractivity contribution >= 4 is 6.09 Å².